The van der Waals surface area contributed by atoms with Crippen LogP contribution in [0.15, 0.2) is 42.5 Å². The van der Waals surface area contributed by atoms with Gasteiger partial charge in [0.05, 0.1) is 0 Å². The summed E-state index contributed by atoms with van der Waals surface area (Å²) in [6.07, 6.45) is 0. The van der Waals surface area contributed by atoms with Gasteiger partial charge in [0.1, 0.15) is 32.7 Å². The monoisotopic (exact) mass is 415 g/mol. The average Bonchev–Trinajstić information content (AvgIpc) is 2.71. The molecule has 29 heavy (non-hydrogen) atoms. The first-order valence-corrected chi connectivity index (χ1v) is 11.1. The Morgan fingerprint density at radius 1 is 1.03 bits per heavy atom. The summed E-state index contributed by atoms with van der Waals surface area (Å²) in [5, 5.41) is 4.02. The molecule has 3 rings (SSSR count). The quantitative estimate of drug-likeness (QED) is 0.664. The third kappa shape index (κ3) is 5.59. The van der Waals surface area contributed by atoms with Gasteiger partial charge in [-0.15, -0.1) is 0 Å². The molecular weight excluding hydrogens is 382 g/mol. The third-order valence-electron chi connectivity index (χ3n) is 6.15. The minimum absolute atomic E-state index is 0.0494. The van der Waals surface area contributed by atoms with Gasteiger partial charge in [-0.05, 0) is 43.0 Å². The second-order valence-corrected chi connectivity index (χ2v) is 9.05. The summed E-state index contributed by atoms with van der Waals surface area (Å²) in [6.45, 7) is 13.7. The summed E-state index contributed by atoms with van der Waals surface area (Å²) in [4.78, 5) is 15.9. The minimum atomic E-state index is -0.0494. The van der Waals surface area contributed by atoms with Crippen molar-refractivity contribution in [2.75, 3.05) is 31.5 Å². The van der Waals surface area contributed by atoms with E-state index in [-0.39, 0.29) is 11.9 Å². The second kappa shape index (κ2) is 9.75. The van der Waals surface area contributed by atoms with E-state index in [2.05, 4.69) is 63.3 Å². The molecule has 1 fully saturated rings. The van der Waals surface area contributed by atoms with Gasteiger partial charge in [0.25, 0.3) is 5.91 Å². The van der Waals surface area contributed by atoms with Gasteiger partial charge in [-0.25, -0.2) is 0 Å². The molecule has 0 aliphatic carbocycles. The van der Waals surface area contributed by atoms with E-state index >= 15 is 0 Å². The van der Waals surface area contributed by atoms with Crippen LogP contribution < -0.4 is 15.1 Å². The Balaban J connectivity index is 1.56. The van der Waals surface area contributed by atoms with Crippen molar-refractivity contribution in [2.45, 2.75) is 46.2 Å². The molecule has 0 aromatic heterocycles. The lowest BCUT2D eigenvalue weighted by Gasteiger charge is -2.33. The number of hydrogen-bond donors (Lipinski definition) is 3. The van der Waals surface area contributed by atoms with E-state index in [1.54, 1.807) is 4.90 Å². The topological polar surface area (TPSA) is 38.0 Å². The molecule has 5 heteroatoms. The van der Waals surface area contributed by atoms with Crippen molar-refractivity contribution in [2.24, 2.45) is 0 Å². The predicted octanol–water partition coefficient (Wildman–Crippen LogP) is 2.08. The van der Waals surface area contributed by atoms with Gasteiger partial charge < -0.3 is 15.1 Å². The summed E-state index contributed by atoms with van der Waals surface area (Å²) < 4.78 is 0. The number of carbonyl (C=O) groups excluding carboxylic acids is 1. The zero-order valence-electron chi connectivity index (χ0n) is 18.0. The first-order chi connectivity index (χ1) is 13.8. The van der Waals surface area contributed by atoms with Crippen LogP contribution in [0.25, 0.3) is 0 Å². The van der Waals surface area contributed by atoms with Crippen molar-refractivity contribution in [3.8, 4) is 0 Å². The van der Waals surface area contributed by atoms with Crippen LogP contribution in [0.1, 0.15) is 43.4 Å². The van der Waals surface area contributed by atoms with E-state index in [1.807, 2.05) is 12.1 Å². The van der Waals surface area contributed by atoms with E-state index in [0.29, 0.717) is 5.92 Å². The third-order valence-corrected chi connectivity index (χ3v) is 6.40. The van der Waals surface area contributed by atoms with Gasteiger partial charge in [-0.3, -0.25) is 4.79 Å². The van der Waals surface area contributed by atoms with Crippen molar-refractivity contribution >= 4 is 23.2 Å². The fourth-order valence-corrected chi connectivity index (χ4v) is 4.31. The lowest BCUT2D eigenvalue weighted by molar-refractivity contribution is -1.02. The van der Waals surface area contributed by atoms with Gasteiger partial charge in [-0.2, -0.15) is 0 Å². The van der Waals surface area contributed by atoms with E-state index in [1.165, 1.54) is 16.0 Å². The van der Waals surface area contributed by atoms with Crippen molar-refractivity contribution in [1.29, 1.82) is 0 Å². The van der Waals surface area contributed by atoms with Crippen LogP contribution in [-0.2, 0) is 11.3 Å². The molecule has 1 saturated heterocycles. The molecule has 0 saturated carbocycles. The molecule has 156 valence electrons. The average molecular weight is 416 g/mol. The normalized spacial score (nSPS) is 20.5. The van der Waals surface area contributed by atoms with Crippen molar-refractivity contribution < 1.29 is 14.6 Å². The number of amides is 1. The number of nitrogens with one attached hydrogen (secondary N) is 3. The van der Waals surface area contributed by atoms with Crippen LogP contribution in [-0.4, -0.2) is 38.1 Å². The maximum absolute atomic E-state index is 13.0. The minimum Gasteiger partial charge on any atom is -0.322 e. The summed E-state index contributed by atoms with van der Waals surface area (Å²) in [7, 11) is 0. The van der Waals surface area contributed by atoms with E-state index in [4.69, 9.17) is 11.6 Å². The molecule has 1 heterocycles. The van der Waals surface area contributed by atoms with Crippen LogP contribution in [0, 0.1) is 6.92 Å². The van der Waals surface area contributed by atoms with Gasteiger partial charge in [0, 0.05) is 16.3 Å². The highest BCUT2D eigenvalue weighted by Gasteiger charge is 2.31. The Hall–Kier alpha value is -1.88. The highest BCUT2D eigenvalue weighted by atomic mass is 35.5. The molecule has 1 aliphatic rings. The number of quaternary nitrogens is 2. The first kappa shape index (κ1) is 21.8. The molecule has 1 amide bonds. The van der Waals surface area contributed by atoms with E-state index in [9.17, 15) is 4.79 Å². The maximum Gasteiger partial charge on any atom is 0.282 e. The Kier molecular flexibility index (Phi) is 7.33. The van der Waals surface area contributed by atoms with Gasteiger partial charge in [0.2, 0.25) is 0 Å². The summed E-state index contributed by atoms with van der Waals surface area (Å²) in [5.41, 5.74) is 4.65. The zero-order chi connectivity index (χ0) is 21.0. The smallest absolute Gasteiger partial charge is 0.282 e. The van der Waals surface area contributed by atoms with Gasteiger partial charge >= 0.3 is 0 Å². The van der Waals surface area contributed by atoms with Gasteiger partial charge in [0.15, 0.2) is 6.04 Å². The molecule has 3 N–H and O–H groups in total. The Labute approximate surface area is 179 Å². The van der Waals surface area contributed by atoms with E-state index < -0.39 is 0 Å². The molecule has 1 atom stereocenters. The van der Waals surface area contributed by atoms with Crippen LogP contribution >= 0.6 is 11.6 Å². The number of halogens is 1. The van der Waals surface area contributed by atoms with Crippen LogP contribution in [0.5, 0.6) is 0 Å². The number of carbonyl (C=O) groups is 1. The van der Waals surface area contributed by atoms with Crippen LogP contribution in [0.2, 0.25) is 5.02 Å². The fourth-order valence-electron chi connectivity index (χ4n) is 4.18. The number of aryl methyl sites for hydroxylation is 1. The lowest BCUT2D eigenvalue weighted by Crippen LogP contribution is -3.29. The SMILES string of the molecule is Cc1cccc(C(C)C)c1NC(=O)[C@H](C)[NH+]1CC[NH+](Cc2ccc(Cl)cc2)CC1. The highest BCUT2D eigenvalue weighted by Crippen LogP contribution is 2.27. The number of para-hydroxylation sites is 1. The van der Waals surface area contributed by atoms with Crippen LogP contribution in [0.3, 0.4) is 0 Å². The number of piperazine rings is 1. The van der Waals surface area contributed by atoms with Crippen molar-refractivity contribution in [1.82, 2.24) is 0 Å². The molecule has 2 aromatic rings. The molecule has 0 radical (unpaired) electrons. The molecule has 0 bridgehead atoms. The standard InChI is InChI=1S/C24H32ClN3O/c1-17(2)22-7-5-6-18(3)23(22)26-24(29)19(4)28-14-12-27(13-15-28)16-20-8-10-21(25)11-9-20/h5-11,17,19H,12-16H2,1-4H3,(H,26,29)/p+2/t19-/m0/s1. The van der Waals surface area contributed by atoms with E-state index in [0.717, 1.165) is 49.0 Å². The number of benzene rings is 2. The number of rotatable bonds is 6. The van der Waals surface area contributed by atoms with Crippen molar-refractivity contribution in [3.05, 3.63) is 64.2 Å². The summed E-state index contributed by atoms with van der Waals surface area (Å²) in [5.74, 6) is 0.505. The second-order valence-electron chi connectivity index (χ2n) is 8.62. The number of hydrogen-bond acceptors (Lipinski definition) is 1. The zero-order valence-corrected chi connectivity index (χ0v) is 18.8. The molecule has 1 aliphatic heterocycles. The predicted molar refractivity (Wildman–Crippen MR) is 120 cm³/mol. The Morgan fingerprint density at radius 2 is 1.69 bits per heavy atom. The lowest BCUT2D eigenvalue weighted by atomic mass is 9.98. The first-order valence-electron chi connectivity index (χ1n) is 10.7. The molecule has 2 aromatic carbocycles. The largest absolute Gasteiger partial charge is 0.322 e. The summed E-state index contributed by atoms with van der Waals surface area (Å²) in [6, 6.07) is 14.3. The van der Waals surface area contributed by atoms with Crippen LogP contribution in [0.4, 0.5) is 5.69 Å². The molecular formula is C24H34ClN3O+2. The molecule has 0 unspecified atom stereocenters. The van der Waals surface area contributed by atoms with Crippen molar-refractivity contribution in [3.63, 3.8) is 0 Å². The summed E-state index contributed by atoms with van der Waals surface area (Å²) >= 11 is 5.98. The molecule has 0 spiro atoms. The van der Waals surface area contributed by atoms with Gasteiger partial charge in [-0.1, -0.05) is 55.8 Å². The number of anilines is 1. The maximum atomic E-state index is 13.0. The Bertz CT molecular complexity index is 827. The Morgan fingerprint density at radius 3 is 2.31 bits per heavy atom. The molecule has 4 nitrogen and oxygen atoms in total. The fraction of sp³-hybridized carbons (Fsp3) is 0.458. The highest BCUT2D eigenvalue weighted by molar-refractivity contribution is 6.30.